The molecule has 0 aliphatic rings. The van der Waals surface area contributed by atoms with Crippen molar-refractivity contribution in [2.24, 2.45) is 0 Å². The van der Waals surface area contributed by atoms with Crippen LogP contribution in [0.25, 0.3) is 39.6 Å². The summed E-state index contributed by atoms with van der Waals surface area (Å²) in [7, 11) is 0. The van der Waals surface area contributed by atoms with Crippen LogP contribution in [0.1, 0.15) is 16.1 Å². The fourth-order valence-corrected chi connectivity index (χ4v) is 3.80. The predicted molar refractivity (Wildman–Crippen MR) is 127 cm³/mol. The first-order chi connectivity index (χ1) is 15.6. The van der Waals surface area contributed by atoms with Gasteiger partial charge in [-0.15, -0.1) is 0 Å². The summed E-state index contributed by atoms with van der Waals surface area (Å²) < 4.78 is 11.3. The quantitative estimate of drug-likeness (QED) is 0.197. The lowest BCUT2D eigenvalue weighted by Crippen LogP contribution is -1.90. The Labute approximate surface area is 193 Å². The van der Waals surface area contributed by atoms with Crippen LogP contribution in [0.5, 0.6) is 0 Å². The molecule has 0 amide bonds. The van der Waals surface area contributed by atoms with Gasteiger partial charge in [0.25, 0.3) is 0 Å². The van der Waals surface area contributed by atoms with Gasteiger partial charge in [0.15, 0.2) is 11.5 Å². The van der Waals surface area contributed by atoms with Gasteiger partial charge in [-0.05, 0) is 54.1 Å². The minimum absolute atomic E-state index is 0.211. The number of benzene rings is 3. The van der Waals surface area contributed by atoms with Crippen LogP contribution in [-0.4, -0.2) is 10.9 Å². The molecule has 0 N–H and O–H groups in total. The van der Waals surface area contributed by atoms with E-state index in [0.29, 0.717) is 27.1 Å². The van der Waals surface area contributed by atoms with Crippen LogP contribution >= 0.6 is 23.2 Å². The summed E-state index contributed by atoms with van der Waals surface area (Å²) in [6, 6.07) is 23.9. The highest BCUT2D eigenvalue weighted by Gasteiger charge is 2.14. The van der Waals surface area contributed by atoms with Gasteiger partial charge >= 0.3 is 0 Å². The second kappa shape index (κ2) is 8.50. The number of carbonyl (C=O) groups excluding carboxylic acids is 1. The van der Waals surface area contributed by atoms with Gasteiger partial charge in [0.1, 0.15) is 11.3 Å². The topological polar surface area (TPSA) is 56.2 Å². The Morgan fingerprint density at radius 3 is 2.59 bits per heavy atom. The van der Waals surface area contributed by atoms with Crippen molar-refractivity contribution in [3.63, 3.8) is 0 Å². The van der Waals surface area contributed by atoms with Crippen LogP contribution in [0.4, 0.5) is 0 Å². The molecular weight excluding hydrogens is 445 g/mol. The van der Waals surface area contributed by atoms with E-state index in [1.807, 2.05) is 48.5 Å². The van der Waals surface area contributed by atoms with Gasteiger partial charge in [-0.2, -0.15) is 0 Å². The molecule has 0 saturated heterocycles. The van der Waals surface area contributed by atoms with E-state index in [-0.39, 0.29) is 11.5 Å². The normalized spacial score (nSPS) is 11.4. The van der Waals surface area contributed by atoms with Crippen LogP contribution in [0, 0.1) is 0 Å². The van der Waals surface area contributed by atoms with Crippen LogP contribution in [0.2, 0.25) is 10.0 Å². The second-order valence-electron chi connectivity index (χ2n) is 7.14. The summed E-state index contributed by atoms with van der Waals surface area (Å²) in [6.07, 6.45) is 3.21. The van der Waals surface area contributed by atoms with Gasteiger partial charge in [0, 0.05) is 16.1 Å². The van der Waals surface area contributed by atoms with Gasteiger partial charge in [0.05, 0.1) is 10.4 Å². The molecule has 4 nitrogen and oxygen atoms in total. The van der Waals surface area contributed by atoms with E-state index in [1.165, 1.54) is 6.08 Å². The maximum absolute atomic E-state index is 12.6. The number of halogens is 2. The molecule has 6 heteroatoms. The van der Waals surface area contributed by atoms with E-state index >= 15 is 0 Å². The highest BCUT2D eigenvalue weighted by atomic mass is 35.5. The van der Waals surface area contributed by atoms with Crippen LogP contribution in [-0.2, 0) is 0 Å². The van der Waals surface area contributed by atoms with E-state index in [9.17, 15) is 4.79 Å². The lowest BCUT2D eigenvalue weighted by molar-refractivity contribution is 0.102. The van der Waals surface area contributed by atoms with Gasteiger partial charge in [0.2, 0.25) is 5.78 Å². The lowest BCUT2D eigenvalue weighted by atomic mass is 10.1. The highest BCUT2D eigenvalue weighted by Crippen LogP contribution is 2.32. The molecule has 0 aliphatic carbocycles. The molecule has 156 valence electrons. The van der Waals surface area contributed by atoms with Crippen molar-refractivity contribution in [3.8, 4) is 22.6 Å². The fraction of sp³-hybridized carbons (Fsp3) is 0. The molecule has 0 unspecified atom stereocenters. The van der Waals surface area contributed by atoms with Crippen LogP contribution in [0.3, 0.4) is 0 Å². The number of carbonyl (C=O) groups is 1. The number of hydrogen-bond acceptors (Lipinski definition) is 4. The molecule has 3 aromatic carbocycles. The molecule has 0 fully saturated rings. The molecule has 0 atom stereocenters. The number of ketones is 1. The minimum Gasteiger partial charge on any atom is -0.453 e. The average Bonchev–Trinajstić information content (AvgIpc) is 3.47. The number of aromatic nitrogens is 1. The molecule has 0 aliphatic heterocycles. The molecule has 32 heavy (non-hydrogen) atoms. The second-order valence-corrected chi connectivity index (χ2v) is 7.98. The zero-order valence-corrected chi connectivity index (χ0v) is 18.1. The van der Waals surface area contributed by atoms with E-state index in [1.54, 1.807) is 36.4 Å². The zero-order valence-electron chi connectivity index (χ0n) is 16.6. The predicted octanol–water partition coefficient (Wildman–Crippen LogP) is 7.96. The molecule has 0 radical (unpaired) electrons. The third-order valence-corrected chi connectivity index (χ3v) is 5.57. The number of allylic oxidation sites excluding steroid dienone is 1. The summed E-state index contributed by atoms with van der Waals surface area (Å²) in [5, 5.41) is 6.03. The summed E-state index contributed by atoms with van der Waals surface area (Å²) in [4.78, 5) is 12.6. The van der Waals surface area contributed by atoms with Crippen molar-refractivity contribution in [1.29, 1.82) is 0 Å². The molecule has 2 aromatic heterocycles. The Kier molecular flexibility index (Phi) is 5.39. The number of furan rings is 1. The molecule has 5 rings (SSSR count). The number of fused-ring (bicyclic) bond motifs is 1. The highest BCUT2D eigenvalue weighted by molar-refractivity contribution is 6.35. The van der Waals surface area contributed by atoms with Crippen molar-refractivity contribution in [2.75, 3.05) is 0 Å². The SMILES string of the molecule is O=C(C=Cc1ccc2noc(-c3ccccc3)c2c1)c1ccc(-c2cc(Cl)ccc2Cl)o1. The first kappa shape index (κ1) is 20.3. The summed E-state index contributed by atoms with van der Waals surface area (Å²) in [5.41, 5.74) is 3.17. The van der Waals surface area contributed by atoms with Crippen molar-refractivity contribution < 1.29 is 13.7 Å². The maximum atomic E-state index is 12.6. The van der Waals surface area contributed by atoms with E-state index in [2.05, 4.69) is 5.16 Å². The third-order valence-electron chi connectivity index (χ3n) is 5.01. The van der Waals surface area contributed by atoms with Gasteiger partial charge in [-0.3, -0.25) is 4.79 Å². The fourth-order valence-electron chi connectivity index (χ4n) is 3.42. The number of nitrogens with zero attached hydrogens (tertiary/aromatic N) is 1. The van der Waals surface area contributed by atoms with E-state index in [4.69, 9.17) is 32.1 Å². The summed E-state index contributed by atoms with van der Waals surface area (Å²) in [6.45, 7) is 0. The van der Waals surface area contributed by atoms with Crippen LogP contribution < -0.4 is 0 Å². The Bertz CT molecular complexity index is 1470. The third kappa shape index (κ3) is 3.98. The maximum Gasteiger partial charge on any atom is 0.221 e. The minimum atomic E-state index is -0.261. The Hall–Kier alpha value is -3.60. The average molecular weight is 460 g/mol. The van der Waals surface area contributed by atoms with Gasteiger partial charge in [-0.1, -0.05) is 70.8 Å². The van der Waals surface area contributed by atoms with E-state index < -0.39 is 0 Å². The Morgan fingerprint density at radius 2 is 1.75 bits per heavy atom. The summed E-state index contributed by atoms with van der Waals surface area (Å²) >= 11 is 12.3. The lowest BCUT2D eigenvalue weighted by Gasteiger charge is -2.01. The zero-order chi connectivity index (χ0) is 22.1. The Morgan fingerprint density at radius 1 is 0.906 bits per heavy atom. The smallest absolute Gasteiger partial charge is 0.221 e. The molecule has 0 saturated carbocycles. The number of rotatable bonds is 5. The molecule has 0 bridgehead atoms. The molecular formula is C26H15Cl2NO3. The molecule has 2 heterocycles. The Balaban J connectivity index is 1.40. The molecule has 0 spiro atoms. The van der Waals surface area contributed by atoms with Gasteiger partial charge < -0.3 is 8.94 Å². The standard InChI is InChI=1S/C26H15Cl2NO3/c27-18-8-9-21(28)19(15-18)24-12-13-25(31-24)23(30)11-7-16-6-10-22-20(14-16)26(32-29-22)17-4-2-1-3-5-17/h1-15H. The largest absolute Gasteiger partial charge is 0.453 e. The van der Waals surface area contributed by atoms with Gasteiger partial charge in [-0.25, -0.2) is 0 Å². The monoisotopic (exact) mass is 459 g/mol. The summed E-state index contributed by atoms with van der Waals surface area (Å²) in [5.74, 6) is 1.12. The van der Waals surface area contributed by atoms with Crippen LogP contribution in [0.15, 0.2) is 93.9 Å². The number of hydrogen-bond donors (Lipinski definition) is 0. The molecule has 5 aromatic rings. The first-order valence-corrected chi connectivity index (χ1v) is 10.6. The van der Waals surface area contributed by atoms with Crippen molar-refractivity contribution >= 4 is 46.0 Å². The van der Waals surface area contributed by atoms with E-state index in [0.717, 1.165) is 22.0 Å². The van der Waals surface area contributed by atoms with Crippen molar-refractivity contribution in [3.05, 3.63) is 106 Å². The van der Waals surface area contributed by atoms with Crippen molar-refractivity contribution in [2.45, 2.75) is 0 Å². The van der Waals surface area contributed by atoms with Crippen molar-refractivity contribution in [1.82, 2.24) is 5.16 Å². The first-order valence-electron chi connectivity index (χ1n) is 9.81.